The zero-order valence-corrected chi connectivity index (χ0v) is 31.6. The fourth-order valence-electron chi connectivity index (χ4n) is 7.52. The summed E-state index contributed by atoms with van der Waals surface area (Å²) >= 11 is 0. The maximum atomic E-state index is 14.5. The fraction of sp³-hybridized carbons (Fsp3) is 0.611. The first-order valence-corrected chi connectivity index (χ1v) is 19.7. The number of hydrogen-bond acceptors (Lipinski definition) is 10. The van der Waals surface area contributed by atoms with Crippen molar-refractivity contribution in [3.8, 4) is 11.6 Å². The van der Waals surface area contributed by atoms with Crippen molar-refractivity contribution >= 4 is 44.9 Å². The van der Waals surface area contributed by atoms with Gasteiger partial charge in [-0.05, 0) is 69.4 Å². The summed E-state index contributed by atoms with van der Waals surface area (Å²) in [6.07, 6.45) is -1.78. The van der Waals surface area contributed by atoms with Crippen molar-refractivity contribution < 1.29 is 55.3 Å². The smallest absolute Gasteiger partial charge is 0.438 e. The normalized spacial score (nSPS) is 30.1. The number of methoxy groups -OCH3 is 1. The third kappa shape index (κ3) is 8.16. The van der Waals surface area contributed by atoms with E-state index in [2.05, 4.69) is 25.3 Å². The molecule has 19 heteroatoms. The Kier molecular flexibility index (Phi) is 10.7. The fourth-order valence-corrected chi connectivity index (χ4v) is 8.83. The average molecular weight is 795 g/mol. The Morgan fingerprint density at radius 3 is 2.51 bits per heavy atom. The molecule has 7 atom stereocenters. The van der Waals surface area contributed by atoms with Crippen molar-refractivity contribution in [2.24, 2.45) is 17.8 Å². The van der Waals surface area contributed by atoms with Gasteiger partial charge in [-0.25, -0.2) is 23.2 Å². The molecule has 0 unspecified atom stereocenters. The zero-order valence-electron chi connectivity index (χ0n) is 30.8. The van der Waals surface area contributed by atoms with Crippen LogP contribution in [-0.4, -0.2) is 94.3 Å². The molecular formula is C36H45F3N6O9S. The molecule has 4 amide bonds. The lowest BCUT2D eigenvalue weighted by atomic mass is 9.85. The van der Waals surface area contributed by atoms with Gasteiger partial charge in [0.05, 0.1) is 29.4 Å². The largest absolute Gasteiger partial charge is 0.497 e. The Hall–Kier alpha value is -4.68. The maximum absolute atomic E-state index is 14.5. The highest BCUT2D eigenvalue weighted by molar-refractivity contribution is 7.91. The van der Waals surface area contributed by atoms with E-state index in [-0.39, 0.29) is 29.8 Å². The Balaban J connectivity index is 1.38. The number of nitrogens with zero attached hydrogens (tertiary/aromatic N) is 3. The van der Waals surface area contributed by atoms with Gasteiger partial charge >= 0.3 is 12.3 Å². The van der Waals surface area contributed by atoms with Gasteiger partial charge in [0.2, 0.25) is 33.4 Å². The molecule has 55 heavy (non-hydrogen) atoms. The highest BCUT2D eigenvalue weighted by Gasteiger charge is 2.63. The predicted molar refractivity (Wildman–Crippen MR) is 190 cm³/mol. The van der Waals surface area contributed by atoms with Gasteiger partial charge in [-0.3, -0.25) is 19.1 Å². The van der Waals surface area contributed by atoms with Crippen LogP contribution < -0.4 is 24.8 Å². The number of alkyl halides is 3. The Morgan fingerprint density at radius 1 is 1.15 bits per heavy atom. The highest BCUT2D eigenvalue weighted by Crippen LogP contribution is 2.48. The molecule has 2 aliphatic carbocycles. The van der Waals surface area contributed by atoms with E-state index in [0.717, 1.165) is 4.90 Å². The second-order valence-electron chi connectivity index (χ2n) is 15.3. The molecule has 4 aliphatic rings. The van der Waals surface area contributed by atoms with Gasteiger partial charge in [0.15, 0.2) is 0 Å². The highest BCUT2D eigenvalue weighted by atomic mass is 32.2. The lowest BCUT2D eigenvalue weighted by Gasteiger charge is -2.33. The number of rotatable bonds is 8. The third-order valence-corrected chi connectivity index (χ3v) is 13.4. The number of amides is 4. The quantitative estimate of drug-likeness (QED) is 0.282. The van der Waals surface area contributed by atoms with Gasteiger partial charge in [-0.15, -0.1) is 0 Å². The minimum atomic E-state index is -5.01. The summed E-state index contributed by atoms with van der Waals surface area (Å²) in [5, 5.41) is 14.8. The van der Waals surface area contributed by atoms with Crippen LogP contribution in [0.4, 0.5) is 18.0 Å². The maximum Gasteiger partial charge on any atom is 0.438 e. The Labute approximate surface area is 315 Å². The van der Waals surface area contributed by atoms with Crippen molar-refractivity contribution in [2.75, 3.05) is 13.7 Å². The zero-order chi connectivity index (χ0) is 40.1. The van der Waals surface area contributed by atoms with E-state index in [4.69, 9.17) is 9.47 Å². The van der Waals surface area contributed by atoms with Crippen LogP contribution in [0, 0.1) is 17.8 Å². The van der Waals surface area contributed by atoms with E-state index >= 15 is 0 Å². The van der Waals surface area contributed by atoms with Crippen molar-refractivity contribution in [1.29, 1.82) is 0 Å². The first-order chi connectivity index (χ1) is 25.8. The molecule has 0 bridgehead atoms. The number of sulfonamides is 1. The van der Waals surface area contributed by atoms with Gasteiger partial charge in [-0.2, -0.15) is 13.2 Å². The van der Waals surface area contributed by atoms with E-state index in [9.17, 15) is 45.9 Å². The van der Waals surface area contributed by atoms with Crippen molar-refractivity contribution in [1.82, 2.24) is 30.2 Å². The molecule has 3 heterocycles. The summed E-state index contributed by atoms with van der Waals surface area (Å²) in [5.41, 5.74) is -3.22. The van der Waals surface area contributed by atoms with Crippen LogP contribution in [0.2, 0.25) is 0 Å². The standard InChI is InChI=1S/C36H45F3N6O9S/c1-5-20-14-19(2)8-6-7-9-21-17-35(21,32(48)44-55(51,52)34(3)12-13-34)43-29(46)26-16-23(18-45(26)31(47)27(20)42-33(49)50)54-30-28(36(37,38)39)40-24-11-10-22(53-4)15-25(24)41-30/h7,9-11,15,19-21,23,26-27,42H,5-6,8,12-14,16-18H2,1-4H3,(H,43,46)(H,44,48)(H,49,50)/b9-7-/t19-,20-,21-,23-,26+,27+,35-/m1/s1. The number of aromatic nitrogens is 2. The van der Waals surface area contributed by atoms with Gasteiger partial charge in [0.1, 0.15) is 29.5 Å². The number of carboxylic acid groups (broad SMARTS) is 1. The van der Waals surface area contributed by atoms with E-state index in [0.29, 0.717) is 44.3 Å². The van der Waals surface area contributed by atoms with Crippen LogP contribution in [0.3, 0.4) is 0 Å². The summed E-state index contributed by atoms with van der Waals surface area (Å²) < 4.78 is 81.3. The molecule has 1 saturated heterocycles. The van der Waals surface area contributed by atoms with Crippen LogP contribution >= 0.6 is 0 Å². The van der Waals surface area contributed by atoms with Crippen LogP contribution in [0.15, 0.2) is 30.4 Å². The topological polar surface area (TPSA) is 206 Å². The Morgan fingerprint density at radius 2 is 1.87 bits per heavy atom. The first kappa shape index (κ1) is 40.0. The summed E-state index contributed by atoms with van der Waals surface area (Å²) in [7, 11) is -2.74. The van der Waals surface area contributed by atoms with Crippen LogP contribution in [0.1, 0.15) is 77.8 Å². The summed E-state index contributed by atoms with van der Waals surface area (Å²) in [6.45, 7) is 4.81. The van der Waals surface area contributed by atoms with E-state index in [1.54, 1.807) is 13.0 Å². The second-order valence-corrected chi connectivity index (χ2v) is 17.5. The molecule has 2 aliphatic heterocycles. The van der Waals surface area contributed by atoms with Gasteiger partial charge in [0, 0.05) is 18.4 Å². The van der Waals surface area contributed by atoms with E-state index in [1.807, 2.05) is 13.0 Å². The number of allylic oxidation sites excluding steroid dienone is 1. The molecule has 2 aromatic rings. The summed E-state index contributed by atoms with van der Waals surface area (Å²) in [5.74, 6) is -4.36. The van der Waals surface area contributed by atoms with Crippen LogP contribution in [0.5, 0.6) is 11.6 Å². The molecule has 4 N–H and O–H groups in total. The number of halogens is 3. The molecule has 0 radical (unpaired) electrons. The van der Waals surface area contributed by atoms with Gasteiger partial charge in [-0.1, -0.05) is 32.4 Å². The molecule has 3 fully saturated rings. The first-order valence-electron chi connectivity index (χ1n) is 18.3. The van der Waals surface area contributed by atoms with Crippen molar-refractivity contribution in [3.63, 3.8) is 0 Å². The number of benzene rings is 1. The average Bonchev–Trinajstić information content (AvgIpc) is 4.00. The molecular weight excluding hydrogens is 749 g/mol. The molecule has 0 spiro atoms. The van der Waals surface area contributed by atoms with Gasteiger partial charge < -0.3 is 30.1 Å². The minimum Gasteiger partial charge on any atom is -0.497 e. The number of ether oxygens (including phenoxy) is 2. The number of carbonyl (C=O) groups is 4. The molecule has 300 valence electrons. The molecule has 6 rings (SSSR count). The van der Waals surface area contributed by atoms with Gasteiger partial charge in [0.25, 0.3) is 5.91 Å². The van der Waals surface area contributed by atoms with E-state index in [1.165, 1.54) is 32.2 Å². The SMILES string of the molecule is CC[C@@H]1C[C@H](C)CC/C=C\[C@@H]2C[C@@]2(C(=O)NS(=O)(=O)C2(C)CC2)NC(=O)[C@@H]2C[C@@H](Oc3nc4cc(OC)ccc4nc3C(F)(F)F)CN2C(=O)[C@H]1NC(=O)O. The number of hydrogen-bond donors (Lipinski definition) is 4. The molecule has 1 aromatic heterocycles. The third-order valence-electron chi connectivity index (χ3n) is 11.3. The number of nitrogens with one attached hydrogen (secondary N) is 3. The Bertz CT molecular complexity index is 2010. The summed E-state index contributed by atoms with van der Waals surface area (Å²) in [6, 6.07) is 1.29. The lowest BCUT2D eigenvalue weighted by Crippen LogP contribution is -2.59. The molecule has 1 aromatic carbocycles. The lowest BCUT2D eigenvalue weighted by molar-refractivity contribution is -0.143. The van der Waals surface area contributed by atoms with Crippen molar-refractivity contribution in [2.45, 2.75) is 107 Å². The second kappa shape index (κ2) is 14.8. The molecule has 2 saturated carbocycles. The van der Waals surface area contributed by atoms with Crippen LogP contribution in [-0.2, 0) is 30.6 Å². The number of carbonyl (C=O) groups excluding carboxylic acids is 3. The predicted octanol–water partition coefficient (Wildman–Crippen LogP) is 3.92. The molecule has 15 nitrogen and oxygen atoms in total. The van der Waals surface area contributed by atoms with Crippen LogP contribution in [0.25, 0.3) is 11.0 Å². The number of fused-ring (bicyclic) bond motifs is 3. The van der Waals surface area contributed by atoms with E-state index < -0.39 is 98.4 Å². The van der Waals surface area contributed by atoms with Crippen molar-refractivity contribution in [3.05, 3.63) is 36.0 Å². The minimum absolute atomic E-state index is 0.0124. The summed E-state index contributed by atoms with van der Waals surface area (Å²) in [4.78, 5) is 63.6. The monoisotopic (exact) mass is 794 g/mol.